The monoisotopic (exact) mass is 669 g/mol. The van der Waals surface area contributed by atoms with Crippen LogP contribution in [0, 0.1) is 0 Å². The zero-order valence-electron chi connectivity index (χ0n) is 25.7. The molecule has 8 atom stereocenters. The minimum Gasteiger partial charge on any atom is -0.504 e. The fourth-order valence-electron chi connectivity index (χ4n) is 7.55. The van der Waals surface area contributed by atoms with Gasteiger partial charge < -0.3 is 54.5 Å². The number of likely N-dealkylation sites (N-methyl/N-ethyl adjacent to an activating group) is 1. The van der Waals surface area contributed by atoms with Gasteiger partial charge in [-0.25, -0.2) is 9.59 Å². The second kappa shape index (κ2) is 12.5. The van der Waals surface area contributed by atoms with Crippen LogP contribution in [0.25, 0.3) is 0 Å². The highest BCUT2D eigenvalue weighted by Gasteiger charge is 2.72. The standard InChI is InChI=1S/C33H35NO14/c1-34-12-11-32-25-17-7-8-18(35)27(25)47-28(32)20(9-10-33(32,44)22(34)13-17)45-24(39)14-19(36)30(42)48-26(16-5-3-2-4-6-16)31(43)46-21(29(40)41)15-23(37)38/h2-9,19,21-22,26,28,30,35-36,42,44H,10-15H2,1H3,(H,37,38)(H,40,41)/t19-,21-,22+,26-,28-,30?,32?,33+/m0/s1. The number of carboxylic acid groups (broad SMARTS) is 2. The number of likely N-dealkylation sites (tertiary alicyclic amines) is 1. The van der Waals surface area contributed by atoms with Gasteiger partial charge in [0, 0.05) is 18.0 Å². The summed E-state index contributed by atoms with van der Waals surface area (Å²) in [4.78, 5) is 50.7. The van der Waals surface area contributed by atoms with Crippen molar-refractivity contribution >= 4 is 23.9 Å². The van der Waals surface area contributed by atoms with Crippen LogP contribution in [0.1, 0.15) is 48.5 Å². The van der Waals surface area contributed by atoms with E-state index in [4.69, 9.17) is 24.1 Å². The van der Waals surface area contributed by atoms with E-state index in [2.05, 4.69) is 4.90 Å². The number of carbonyl (C=O) groups excluding carboxylic acids is 2. The molecule has 15 heteroatoms. The average molecular weight is 670 g/mol. The summed E-state index contributed by atoms with van der Waals surface area (Å²) in [5.41, 5.74) is -0.619. The number of ether oxygens (including phenoxy) is 4. The van der Waals surface area contributed by atoms with E-state index in [1.54, 1.807) is 12.1 Å². The number of nitrogens with zero attached hydrogens (tertiary/aromatic N) is 1. The predicted molar refractivity (Wildman–Crippen MR) is 159 cm³/mol. The van der Waals surface area contributed by atoms with Crippen molar-refractivity contribution in [2.45, 2.75) is 79.9 Å². The van der Waals surface area contributed by atoms with Gasteiger partial charge in [-0.3, -0.25) is 9.59 Å². The van der Waals surface area contributed by atoms with E-state index in [1.165, 1.54) is 30.3 Å². The molecule has 1 spiro atoms. The first kappa shape index (κ1) is 33.4. The summed E-state index contributed by atoms with van der Waals surface area (Å²) >= 11 is 0. The highest BCUT2D eigenvalue weighted by atomic mass is 16.7. The molecule has 2 bridgehead atoms. The second-order valence-corrected chi connectivity index (χ2v) is 12.5. The van der Waals surface area contributed by atoms with Crippen LogP contribution in [0.5, 0.6) is 11.5 Å². The molecule has 2 aliphatic heterocycles. The lowest BCUT2D eigenvalue weighted by Gasteiger charge is -2.61. The highest BCUT2D eigenvalue weighted by Crippen LogP contribution is 2.65. The SMILES string of the molecule is CN1CCC23c4c5ccc(O)c4O[C@H]2C(OC(=O)C[C@H](O)C(O)O[C@H](C(=O)O[C@@H](CC(=O)O)C(=O)O)c2ccccc2)=CC[C@@]3(O)[C@H]1C5. The fraction of sp³-hybridized carbons (Fsp3) is 0.455. The minimum atomic E-state index is -2.19. The van der Waals surface area contributed by atoms with Gasteiger partial charge in [0.05, 0.1) is 23.9 Å². The number of phenols is 1. The Morgan fingerprint density at radius 2 is 1.79 bits per heavy atom. The maximum absolute atomic E-state index is 13.2. The van der Waals surface area contributed by atoms with Crippen LogP contribution in [-0.2, 0) is 45.2 Å². The number of benzene rings is 2. The number of aliphatic carboxylic acids is 2. The van der Waals surface area contributed by atoms with E-state index in [0.29, 0.717) is 24.9 Å². The molecule has 0 amide bonds. The van der Waals surface area contributed by atoms with E-state index < -0.39 is 78.4 Å². The van der Waals surface area contributed by atoms with Gasteiger partial charge in [0.15, 0.2) is 30.0 Å². The molecule has 15 nitrogen and oxygen atoms in total. The number of aliphatic hydroxyl groups is 3. The number of hydrogen-bond acceptors (Lipinski definition) is 13. The number of phenolic OH excluding ortho intramolecular Hbond substituents is 1. The quantitative estimate of drug-likeness (QED) is 0.134. The van der Waals surface area contributed by atoms with Crippen molar-refractivity contribution in [1.29, 1.82) is 0 Å². The van der Waals surface area contributed by atoms with Gasteiger partial charge >= 0.3 is 23.9 Å². The number of aliphatic hydroxyl groups excluding tert-OH is 2. The summed E-state index contributed by atoms with van der Waals surface area (Å²) in [6.45, 7) is 0.610. The molecule has 2 aromatic carbocycles. The van der Waals surface area contributed by atoms with Crippen molar-refractivity contribution in [1.82, 2.24) is 4.90 Å². The zero-order chi connectivity index (χ0) is 34.5. The topological polar surface area (TPSA) is 230 Å². The molecule has 4 aliphatic rings. The van der Waals surface area contributed by atoms with E-state index >= 15 is 0 Å². The summed E-state index contributed by atoms with van der Waals surface area (Å²) < 4.78 is 22.1. The molecule has 0 radical (unpaired) electrons. The smallest absolute Gasteiger partial charge is 0.345 e. The normalized spacial score (nSPS) is 27.7. The molecule has 0 aromatic heterocycles. The van der Waals surface area contributed by atoms with Crippen molar-refractivity contribution < 1.29 is 68.8 Å². The van der Waals surface area contributed by atoms with Crippen LogP contribution >= 0.6 is 0 Å². The molecule has 2 aliphatic carbocycles. The van der Waals surface area contributed by atoms with Crippen LogP contribution in [0.15, 0.2) is 54.3 Å². The maximum Gasteiger partial charge on any atom is 0.345 e. The van der Waals surface area contributed by atoms with Gasteiger partial charge in [0.2, 0.25) is 6.10 Å². The first-order chi connectivity index (χ1) is 22.8. The molecule has 6 rings (SSSR count). The van der Waals surface area contributed by atoms with Crippen molar-refractivity contribution in [3.8, 4) is 11.5 Å². The zero-order valence-corrected chi connectivity index (χ0v) is 25.7. The van der Waals surface area contributed by atoms with Crippen molar-refractivity contribution in [3.63, 3.8) is 0 Å². The Kier molecular flexibility index (Phi) is 8.68. The average Bonchev–Trinajstić information content (AvgIpc) is 3.40. The minimum absolute atomic E-state index is 0.0721. The third-order valence-electron chi connectivity index (χ3n) is 9.78. The molecular formula is C33H35NO14. The van der Waals surface area contributed by atoms with E-state index in [9.17, 15) is 44.7 Å². The summed E-state index contributed by atoms with van der Waals surface area (Å²) in [6.07, 6.45) is -8.20. The second-order valence-electron chi connectivity index (χ2n) is 12.5. The highest BCUT2D eigenvalue weighted by molar-refractivity contribution is 5.84. The van der Waals surface area contributed by atoms with Crippen LogP contribution in [-0.4, -0.2) is 109 Å². The van der Waals surface area contributed by atoms with E-state index in [0.717, 1.165) is 5.56 Å². The summed E-state index contributed by atoms with van der Waals surface area (Å²) in [5, 5.41) is 62.6. The van der Waals surface area contributed by atoms with Crippen LogP contribution in [0.4, 0.5) is 0 Å². The van der Waals surface area contributed by atoms with E-state index in [1.807, 2.05) is 13.1 Å². The van der Waals surface area contributed by atoms with Gasteiger partial charge in [-0.1, -0.05) is 36.4 Å². The summed E-state index contributed by atoms with van der Waals surface area (Å²) in [6, 6.07) is 10.5. The third-order valence-corrected chi connectivity index (χ3v) is 9.78. The molecule has 0 saturated carbocycles. The Morgan fingerprint density at radius 1 is 1.06 bits per heavy atom. The number of aromatic hydroxyl groups is 1. The molecule has 1 saturated heterocycles. The summed E-state index contributed by atoms with van der Waals surface area (Å²) in [5.74, 6) is -5.44. The van der Waals surface area contributed by atoms with Gasteiger partial charge in [0.1, 0.15) is 11.9 Å². The number of esters is 2. The molecule has 48 heavy (non-hydrogen) atoms. The Bertz CT molecular complexity index is 1660. The molecular weight excluding hydrogens is 634 g/mol. The fourth-order valence-corrected chi connectivity index (χ4v) is 7.55. The van der Waals surface area contributed by atoms with Crippen LogP contribution in [0.3, 0.4) is 0 Å². The summed E-state index contributed by atoms with van der Waals surface area (Å²) in [7, 11) is 1.93. The number of rotatable bonds is 12. The van der Waals surface area contributed by atoms with Crippen molar-refractivity contribution in [2.75, 3.05) is 13.6 Å². The Morgan fingerprint density at radius 3 is 2.48 bits per heavy atom. The molecule has 2 heterocycles. The van der Waals surface area contributed by atoms with Crippen molar-refractivity contribution in [3.05, 3.63) is 71.0 Å². The third kappa shape index (κ3) is 5.46. The molecule has 1 fully saturated rings. The maximum atomic E-state index is 13.2. The number of carbonyl (C=O) groups is 4. The first-order valence-electron chi connectivity index (χ1n) is 15.3. The molecule has 2 aromatic rings. The number of hydrogen-bond donors (Lipinski definition) is 6. The van der Waals surface area contributed by atoms with Gasteiger partial charge in [-0.15, -0.1) is 0 Å². The molecule has 6 N–H and O–H groups in total. The Labute approximate surface area is 273 Å². The van der Waals surface area contributed by atoms with Crippen LogP contribution < -0.4 is 4.74 Å². The number of carboxylic acids is 2. The largest absolute Gasteiger partial charge is 0.504 e. The first-order valence-corrected chi connectivity index (χ1v) is 15.3. The lowest BCUT2D eigenvalue weighted by atomic mass is 9.50. The van der Waals surface area contributed by atoms with Crippen LogP contribution in [0.2, 0.25) is 0 Å². The Balaban J connectivity index is 1.17. The van der Waals surface area contributed by atoms with Gasteiger partial charge in [-0.05, 0) is 49.7 Å². The van der Waals surface area contributed by atoms with Crippen molar-refractivity contribution in [2.24, 2.45) is 0 Å². The van der Waals surface area contributed by atoms with Gasteiger partial charge in [-0.2, -0.15) is 0 Å². The lowest BCUT2D eigenvalue weighted by Crippen LogP contribution is -2.74. The van der Waals surface area contributed by atoms with E-state index in [-0.39, 0.29) is 35.3 Å². The van der Waals surface area contributed by atoms with Gasteiger partial charge in [0.25, 0.3) is 0 Å². The Hall–Kier alpha value is -4.54. The predicted octanol–water partition coefficient (Wildman–Crippen LogP) is 0.512. The number of piperidine rings is 1. The molecule has 2 unspecified atom stereocenters. The lowest BCUT2D eigenvalue weighted by molar-refractivity contribution is -0.211. The molecule has 256 valence electrons.